The number of halogens is 1. The highest BCUT2D eigenvalue weighted by Crippen LogP contribution is 2.11. The average Bonchev–Trinajstić information content (AvgIpc) is 2.40. The van der Waals surface area contributed by atoms with Crippen LogP contribution in [0, 0.1) is 0 Å². The number of amides is 2. The highest BCUT2D eigenvalue weighted by Gasteiger charge is 2.19. The van der Waals surface area contributed by atoms with Crippen LogP contribution in [0.25, 0.3) is 6.08 Å². The van der Waals surface area contributed by atoms with E-state index in [9.17, 15) is 14.4 Å². The zero-order valence-electron chi connectivity index (χ0n) is 11.1. The van der Waals surface area contributed by atoms with E-state index < -0.39 is 23.8 Å². The maximum Gasteiger partial charge on any atom is 0.326 e. The van der Waals surface area contributed by atoms with Gasteiger partial charge in [-0.25, -0.2) is 4.79 Å². The molecule has 1 atom stereocenters. The molecule has 0 fully saturated rings. The van der Waals surface area contributed by atoms with E-state index in [-0.39, 0.29) is 12.8 Å². The number of carboxylic acid groups (broad SMARTS) is 1. The van der Waals surface area contributed by atoms with Crippen molar-refractivity contribution in [3.05, 3.63) is 40.9 Å². The quantitative estimate of drug-likeness (QED) is 0.657. The lowest BCUT2D eigenvalue weighted by Crippen LogP contribution is -2.40. The van der Waals surface area contributed by atoms with E-state index in [1.165, 1.54) is 12.2 Å². The maximum atomic E-state index is 11.7. The first-order valence-corrected chi connectivity index (χ1v) is 6.51. The third-order valence-electron chi connectivity index (χ3n) is 2.57. The van der Waals surface area contributed by atoms with Gasteiger partial charge in [0.1, 0.15) is 6.04 Å². The van der Waals surface area contributed by atoms with Crippen molar-refractivity contribution in [3.8, 4) is 0 Å². The molecule has 7 heteroatoms. The zero-order chi connectivity index (χ0) is 15.8. The molecule has 0 unspecified atom stereocenters. The van der Waals surface area contributed by atoms with Gasteiger partial charge in [-0.1, -0.05) is 23.7 Å². The number of carbonyl (C=O) groups is 3. The Balaban J connectivity index is 2.61. The van der Waals surface area contributed by atoms with Crippen LogP contribution in [-0.2, 0) is 14.4 Å². The van der Waals surface area contributed by atoms with Crippen molar-refractivity contribution in [1.82, 2.24) is 5.32 Å². The highest BCUT2D eigenvalue weighted by atomic mass is 35.5. The minimum Gasteiger partial charge on any atom is -0.480 e. The molecule has 0 aliphatic rings. The summed E-state index contributed by atoms with van der Waals surface area (Å²) in [7, 11) is 0. The van der Waals surface area contributed by atoms with E-state index in [0.29, 0.717) is 10.6 Å². The van der Waals surface area contributed by atoms with Crippen LogP contribution in [0.4, 0.5) is 0 Å². The molecule has 1 aromatic carbocycles. The molecule has 6 nitrogen and oxygen atoms in total. The van der Waals surface area contributed by atoms with Crippen molar-refractivity contribution < 1.29 is 19.5 Å². The number of nitrogens with two attached hydrogens (primary N) is 1. The normalized spacial score (nSPS) is 12.0. The Hall–Kier alpha value is -2.34. The van der Waals surface area contributed by atoms with Gasteiger partial charge in [0.2, 0.25) is 11.8 Å². The van der Waals surface area contributed by atoms with E-state index in [1.807, 2.05) is 0 Å². The molecular weight excluding hydrogens is 296 g/mol. The van der Waals surface area contributed by atoms with Crippen molar-refractivity contribution in [2.45, 2.75) is 18.9 Å². The fraction of sp³-hybridized carbons (Fsp3) is 0.214. The average molecular weight is 311 g/mol. The third-order valence-corrected chi connectivity index (χ3v) is 2.80. The molecule has 4 N–H and O–H groups in total. The van der Waals surface area contributed by atoms with Gasteiger partial charge in [-0.3, -0.25) is 9.59 Å². The number of nitrogens with one attached hydrogen (secondary N) is 1. The van der Waals surface area contributed by atoms with Crippen molar-refractivity contribution in [1.29, 1.82) is 0 Å². The number of primary amides is 1. The van der Waals surface area contributed by atoms with Crippen molar-refractivity contribution in [2.75, 3.05) is 0 Å². The summed E-state index contributed by atoms with van der Waals surface area (Å²) in [5.74, 6) is -2.42. The third kappa shape index (κ3) is 6.58. The molecule has 0 radical (unpaired) electrons. The second-order valence-corrected chi connectivity index (χ2v) is 4.73. The number of carbonyl (C=O) groups excluding carboxylic acids is 2. The summed E-state index contributed by atoms with van der Waals surface area (Å²) in [6, 6.07) is 5.68. The van der Waals surface area contributed by atoms with Crippen LogP contribution < -0.4 is 11.1 Å². The molecule has 21 heavy (non-hydrogen) atoms. The fourth-order valence-corrected chi connectivity index (χ4v) is 1.74. The first-order valence-electron chi connectivity index (χ1n) is 6.13. The standard InChI is InChI=1S/C14H15ClN2O4/c15-10-3-1-2-9(8-10)4-7-13(19)17-11(14(20)21)5-6-12(16)18/h1-4,7-8,11H,5-6H2,(H2,16,18)(H,17,19)(H,20,21)/b7-4+/t11-/m1/s1. The van der Waals surface area contributed by atoms with Gasteiger partial charge in [-0.2, -0.15) is 0 Å². The van der Waals surface area contributed by atoms with Crippen LogP contribution >= 0.6 is 11.6 Å². The minimum absolute atomic E-state index is 0.0542. The van der Waals surface area contributed by atoms with Gasteiger partial charge >= 0.3 is 5.97 Å². The molecule has 0 bridgehead atoms. The molecule has 0 aliphatic carbocycles. The van der Waals surface area contributed by atoms with Crippen LogP contribution in [0.1, 0.15) is 18.4 Å². The van der Waals surface area contributed by atoms with Gasteiger partial charge in [-0.15, -0.1) is 0 Å². The number of hydrogen-bond donors (Lipinski definition) is 3. The second-order valence-electron chi connectivity index (χ2n) is 4.29. The number of hydrogen-bond acceptors (Lipinski definition) is 3. The summed E-state index contributed by atoms with van der Waals surface area (Å²) in [5.41, 5.74) is 5.66. The summed E-state index contributed by atoms with van der Waals surface area (Å²) in [5, 5.41) is 11.8. The van der Waals surface area contributed by atoms with Crippen LogP contribution in [0.2, 0.25) is 5.02 Å². The topological polar surface area (TPSA) is 109 Å². The van der Waals surface area contributed by atoms with Gasteiger partial charge in [0, 0.05) is 17.5 Å². The molecule has 1 aromatic rings. The van der Waals surface area contributed by atoms with Crippen molar-refractivity contribution in [3.63, 3.8) is 0 Å². The van der Waals surface area contributed by atoms with E-state index in [2.05, 4.69) is 5.32 Å². The Labute approximate surface area is 126 Å². The Morgan fingerprint density at radius 2 is 2.10 bits per heavy atom. The van der Waals surface area contributed by atoms with Gasteiger partial charge in [0.05, 0.1) is 0 Å². The molecule has 112 valence electrons. The monoisotopic (exact) mass is 310 g/mol. The molecule has 0 saturated carbocycles. The zero-order valence-corrected chi connectivity index (χ0v) is 11.8. The highest BCUT2D eigenvalue weighted by molar-refractivity contribution is 6.30. The number of rotatable bonds is 7. The molecule has 1 rings (SSSR count). The molecule has 0 aromatic heterocycles. The van der Waals surface area contributed by atoms with Crippen LogP contribution in [0.3, 0.4) is 0 Å². The Kier molecular flexibility index (Phi) is 6.42. The molecule has 2 amide bonds. The van der Waals surface area contributed by atoms with Crippen LogP contribution in [-0.4, -0.2) is 28.9 Å². The smallest absolute Gasteiger partial charge is 0.326 e. The van der Waals surface area contributed by atoms with Crippen LogP contribution in [0.15, 0.2) is 30.3 Å². The van der Waals surface area contributed by atoms with E-state index >= 15 is 0 Å². The summed E-state index contributed by atoms with van der Waals surface area (Å²) in [4.78, 5) is 33.3. The van der Waals surface area contributed by atoms with E-state index in [0.717, 1.165) is 0 Å². The molecule has 0 spiro atoms. The van der Waals surface area contributed by atoms with Crippen molar-refractivity contribution in [2.24, 2.45) is 5.73 Å². The van der Waals surface area contributed by atoms with Gasteiger partial charge in [-0.05, 0) is 30.2 Å². The van der Waals surface area contributed by atoms with E-state index in [1.54, 1.807) is 24.3 Å². The lowest BCUT2D eigenvalue weighted by atomic mass is 10.1. The fourth-order valence-electron chi connectivity index (χ4n) is 1.55. The Bertz CT molecular complexity index is 572. The predicted molar refractivity (Wildman–Crippen MR) is 78.5 cm³/mol. The summed E-state index contributed by atoms with van der Waals surface area (Å²) >= 11 is 5.80. The van der Waals surface area contributed by atoms with Crippen LogP contribution in [0.5, 0.6) is 0 Å². The van der Waals surface area contributed by atoms with E-state index in [4.69, 9.17) is 22.4 Å². The first kappa shape index (κ1) is 16.7. The van der Waals surface area contributed by atoms with Gasteiger partial charge < -0.3 is 16.2 Å². The summed E-state index contributed by atoms with van der Waals surface area (Å²) < 4.78 is 0. The summed E-state index contributed by atoms with van der Waals surface area (Å²) in [6.07, 6.45) is 2.54. The molecule has 0 heterocycles. The Morgan fingerprint density at radius 1 is 1.38 bits per heavy atom. The molecule has 0 saturated heterocycles. The lowest BCUT2D eigenvalue weighted by molar-refractivity contribution is -0.141. The number of benzene rings is 1. The maximum absolute atomic E-state index is 11.7. The number of carboxylic acids is 1. The predicted octanol–water partition coefficient (Wildman–Crippen LogP) is 1.19. The minimum atomic E-state index is -1.22. The Morgan fingerprint density at radius 3 is 2.67 bits per heavy atom. The van der Waals surface area contributed by atoms with Crippen molar-refractivity contribution >= 4 is 35.5 Å². The number of aliphatic carboxylic acids is 1. The summed E-state index contributed by atoms with van der Waals surface area (Å²) in [6.45, 7) is 0. The molecular formula is C14H15ClN2O4. The lowest BCUT2D eigenvalue weighted by Gasteiger charge is -2.11. The molecule has 0 aliphatic heterocycles. The van der Waals surface area contributed by atoms with Gasteiger partial charge in [0.15, 0.2) is 0 Å². The SMILES string of the molecule is NC(=O)CC[C@@H](NC(=O)/C=C/c1cccc(Cl)c1)C(=O)O. The second kappa shape index (κ2) is 8.06. The van der Waals surface area contributed by atoms with Gasteiger partial charge in [0.25, 0.3) is 0 Å². The largest absolute Gasteiger partial charge is 0.480 e. The first-order chi connectivity index (χ1) is 9.88.